The zero-order chi connectivity index (χ0) is 13.7. The van der Waals surface area contributed by atoms with Crippen molar-refractivity contribution in [2.24, 2.45) is 11.8 Å². The van der Waals surface area contributed by atoms with E-state index in [-0.39, 0.29) is 23.4 Å². The Balaban J connectivity index is 1.83. The van der Waals surface area contributed by atoms with Gasteiger partial charge in [0.25, 0.3) is 0 Å². The number of ether oxygens (including phenoxy) is 1. The lowest BCUT2D eigenvalue weighted by Crippen LogP contribution is -2.57. The average Bonchev–Trinajstić information content (AvgIpc) is 3.20. The van der Waals surface area contributed by atoms with E-state index >= 15 is 0 Å². The van der Waals surface area contributed by atoms with Gasteiger partial charge in [0, 0.05) is 23.0 Å². The van der Waals surface area contributed by atoms with Gasteiger partial charge in [-0.05, 0) is 19.8 Å². The molecule has 2 fully saturated rings. The summed E-state index contributed by atoms with van der Waals surface area (Å²) in [5.41, 5.74) is 0.561. The molecule has 6 rings (SSSR count). The number of ketones is 2. The molecule has 0 aromatic heterocycles. The molecule has 4 atom stereocenters. The van der Waals surface area contributed by atoms with Gasteiger partial charge in [0.1, 0.15) is 0 Å². The van der Waals surface area contributed by atoms with Crippen molar-refractivity contribution < 1.29 is 14.3 Å². The van der Waals surface area contributed by atoms with E-state index in [0.717, 1.165) is 12.8 Å². The average molecular weight is 266 g/mol. The third-order valence-corrected chi connectivity index (χ3v) is 5.72. The van der Waals surface area contributed by atoms with Gasteiger partial charge < -0.3 is 4.74 Å². The lowest BCUT2D eigenvalue weighted by atomic mass is 9.54. The Morgan fingerprint density at radius 1 is 1.05 bits per heavy atom. The third-order valence-electron chi connectivity index (χ3n) is 5.72. The van der Waals surface area contributed by atoms with Crippen molar-refractivity contribution >= 4 is 11.6 Å². The second kappa shape index (κ2) is 2.96. The van der Waals surface area contributed by atoms with Crippen LogP contribution in [-0.2, 0) is 4.74 Å². The Kier molecular flexibility index (Phi) is 1.63. The van der Waals surface area contributed by atoms with Crippen molar-refractivity contribution in [2.75, 3.05) is 0 Å². The van der Waals surface area contributed by atoms with Crippen molar-refractivity contribution in [1.29, 1.82) is 0 Å². The van der Waals surface area contributed by atoms with Crippen molar-refractivity contribution in [3.05, 3.63) is 47.0 Å². The summed E-state index contributed by atoms with van der Waals surface area (Å²) < 4.78 is 6.03. The number of epoxide rings is 1. The molecule has 1 heterocycles. The van der Waals surface area contributed by atoms with Crippen LogP contribution in [0.15, 0.2) is 35.9 Å². The number of benzene rings is 1. The standard InChI is InChI=1S/C17H14O3/c1-9-8-10-6-7-13(9)17-15(19)12-5-3-2-4-11(12)14(18)16(10,17)20-17/h2-5,8,10,13H,6-7H2,1H3. The molecule has 0 spiro atoms. The van der Waals surface area contributed by atoms with Crippen molar-refractivity contribution in [3.63, 3.8) is 0 Å². The minimum atomic E-state index is -0.875. The van der Waals surface area contributed by atoms with E-state index in [1.54, 1.807) is 12.1 Å². The van der Waals surface area contributed by atoms with E-state index < -0.39 is 11.2 Å². The minimum Gasteiger partial charge on any atom is -0.344 e. The predicted octanol–water partition coefficient (Wildman–Crippen LogP) is 2.56. The predicted molar refractivity (Wildman–Crippen MR) is 71.6 cm³/mol. The summed E-state index contributed by atoms with van der Waals surface area (Å²) in [7, 11) is 0. The summed E-state index contributed by atoms with van der Waals surface area (Å²) in [4.78, 5) is 25.9. The van der Waals surface area contributed by atoms with Gasteiger partial charge in [-0.15, -0.1) is 0 Å². The molecule has 1 aromatic carbocycles. The van der Waals surface area contributed by atoms with Crippen LogP contribution in [0.2, 0.25) is 0 Å². The number of rotatable bonds is 0. The van der Waals surface area contributed by atoms with Crippen molar-refractivity contribution in [2.45, 2.75) is 31.0 Å². The van der Waals surface area contributed by atoms with E-state index in [9.17, 15) is 9.59 Å². The maximum Gasteiger partial charge on any atom is 0.199 e. The highest BCUT2D eigenvalue weighted by Crippen LogP contribution is 2.71. The van der Waals surface area contributed by atoms with E-state index in [1.165, 1.54) is 5.57 Å². The molecular formula is C17H14O3. The third kappa shape index (κ3) is 0.837. The number of hydrogen-bond acceptors (Lipinski definition) is 3. The molecule has 1 aliphatic heterocycles. The van der Waals surface area contributed by atoms with Crippen LogP contribution >= 0.6 is 0 Å². The first kappa shape index (κ1) is 11.0. The van der Waals surface area contributed by atoms with E-state index in [0.29, 0.717) is 11.1 Å². The zero-order valence-electron chi connectivity index (χ0n) is 11.2. The normalized spacial score (nSPS) is 43.5. The van der Waals surface area contributed by atoms with Crippen LogP contribution in [0.4, 0.5) is 0 Å². The molecule has 0 amide bonds. The molecule has 1 aromatic rings. The molecule has 5 aliphatic rings. The van der Waals surface area contributed by atoms with Gasteiger partial charge in [0.2, 0.25) is 0 Å². The molecule has 0 radical (unpaired) electrons. The summed E-state index contributed by atoms with van der Waals surface area (Å²) in [6.45, 7) is 2.06. The Morgan fingerprint density at radius 2 is 1.70 bits per heavy atom. The molecule has 4 aliphatic carbocycles. The molecule has 20 heavy (non-hydrogen) atoms. The quantitative estimate of drug-likeness (QED) is 0.535. The molecule has 3 heteroatoms. The largest absolute Gasteiger partial charge is 0.344 e. The fraction of sp³-hybridized carbons (Fsp3) is 0.412. The number of Topliss-reactive ketones (excluding diaryl/α,β-unsaturated/α-hetero) is 2. The van der Waals surface area contributed by atoms with Gasteiger partial charge in [0.15, 0.2) is 22.8 Å². The Labute approximate surface area is 116 Å². The number of carbonyl (C=O) groups is 2. The highest BCUT2D eigenvalue weighted by Gasteiger charge is 2.87. The van der Waals surface area contributed by atoms with Gasteiger partial charge in [0.05, 0.1) is 0 Å². The maximum absolute atomic E-state index is 13.0. The summed E-state index contributed by atoms with van der Waals surface area (Å²) in [5.74, 6) is 0.190. The summed E-state index contributed by atoms with van der Waals surface area (Å²) >= 11 is 0. The molecule has 1 saturated carbocycles. The van der Waals surface area contributed by atoms with Crippen LogP contribution in [0.1, 0.15) is 40.5 Å². The van der Waals surface area contributed by atoms with E-state index in [2.05, 4.69) is 13.0 Å². The topological polar surface area (TPSA) is 46.7 Å². The Morgan fingerprint density at radius 3 is 2.35 bits per heavy atom. The highest BCUT2D eigenvalue weighted by molar-refractivity contribution is 6.26. The van der Waals surface area contributed by atoms with Gasteiger partial charge in [-0.3, -0.25) is 9.59 Å². The molecule has 1 saturated heterocycles. The summed E-state index contributed by atoms with van der Waals surface area (Å²) in [6.07, 6.45) is 4.07. The highest BCUT2D eigenvalue weighted by atomic mass is 16.6. The summed E-state index contributed by atoms with van der Waals surface area (Å²) in [6, 6.07) is 7.16. The van der Waals surface area contributed by atoms with Crippen LogP contribution in [0.5, 0.6) is 0 Å². The van der Waals surface area contributed by atoms with E-state index in [1.807, 2.05) is 12.1 Å². The SMILES string of the molecule is CC1=CC2CCC1C13OC21C(=O)c1ccccc1C3=O. The van der Waals surface area contributed by atoms with E-state index in [4.69, 9.17) is 4.74 Å². The second-order valence-electron chi connectivity index (χ2n) is 6.42. The first-order valence-corrected chi connectivity index (χ1v) is 7.20. The van der Waals surface area contributed by atoms with Gasteiger partial charge >= 0.3 is 0 Å². The number of fused-ring (bicyclic) bond motifs is 2. The number of hydrogen-bond donors (Lipinski definition) is 0. The van der Waals surface area contributed by atoms with Crippen LogP contribution in [0.3, 0.4) is 0 Å². The van der Waals surface area contributed by atoms with Gasteiger partial charge in [-0.2, -0.15) is 0 Å². The van der Waals surface area contributed by atoms with Crippen LogP contribution in [-0.4, -0.2) is 22.8 Å². The smallest absolute Gasteiger partial charge is 0.199 e. The Hall–Kier alpha value is -1.74. The molecular weight excluding hydrogens is 252 g/mol. The van der Waals surface area contributed by atoms with Crippen molar-refractivity contribution in [3.8, 4) is 0 Å². The fourth-order valence-electron chi connectivity index (χ4n) is 4.88. The fourth-order valence-corrected chi connectivity index (χ4v) is 4.88. The van der Waals surface area contributed by atoms with Crippen LogP contribution < -0.4 is 0 Å². The molecule has 2 bridgehead atoms. The van der Waals surface area contributed by atoms with Crippen LogP contribution in [0, 0.1) is 11.8 Å². The van der Waals surface area contributed by atoms with Gasteiger partial charge in [-0.1, -0.05) is 35.9 Å². The first-order valence-electron chi connectivity index (χ1n) is 7.20. The lowest BCUT2D eigenvalue weighted by molar-refractivity contribution is 0.0725. The molecule has 100 valence electrons. The minimum absolute atomic E-state index is 0.0196. The van der Waals surface area contributed by atoms with Gasteiger partial charge in [-0.25, -0.2) is 0 Å². The monoisotopic (exact) mass is 266 g/mol. The molecule has 4 unspecified atom stereocenters. The first-order chi connectivity index (χ1) is 9.63. The lowest BCUT2D eigenvalue weighted by Gasteiger charge is -2.42. The summed E-state index contributed by atoms with van der Waals surface area (Å²) in [5, 5.41) is 0. The zero-order valence-corrected chi connectivity index (χ0v) is 11.2. The maximum atomic E-state index is 13.0. The molecule has 3 nitrogen and oxygen atoms in total. The molecule has 0 N–H and O–H groups in total. The Bertz CT molecular complexity index is 732. The van der Waals surface area contributed by atoms with Crippen LogP contribution in [0.25, 0.3) is 0 Å². The second-order valence-corrected chi connectivity index (χ2v) is 6.42. The number of carbonyl (C=O) groups excluding carboxylic acids is 2. The van der Waals surface area contributed by atoms with Crippen molar-refractivity contribution in [1.82, 2.24) is 0 Å².